The summed E-state index contributed by atoms with van der Waals surface area (Å²) in [5.41, 5.74) is 0.565. The SMILES string of the molecule is C=C(C)C(=O)OCCCNC(=O)OC(C)(C)c1ccccc1. The number of benzene rings is 1. The van der Waals surface area contributed by atoms with Gasteiger partial charge in [-0.1, -0.05) is 36.9 Å². The van der Waals surface area contributed by atoms with Crippen LogP contribution in [0.15, 0.2) is 42.5 Å². The van der Waals surface area contributed by atoms with Crippen molar-refractivity contribution in [1.82, 2.24) is 5.32 Å². The zero-order valence-corrected chi connectivity index (χ0v) is 13.3. The molecule has 1 N–H and O–H groups in total. The molecule has 0 saturated heterocycles. The number of carbonyl (C=O) groups excluding carboxylic acids is 2. The van der Waals surface area contributed by atoms with Crippen molar-refractivity contribution in [2.45, 2.75) is 32.8 Å². The highest BCUT2D eigenvalue weighted by atomic mass is 16.6. The van der Waals surface area contributed by atoms with Crippen molar-refractivity contribution in [2.75, 3.05) is 13.2 Å². The zero-order valence-electron chi connectivity index (χ0n) is 13.3. The van der Waals surface area contributed by atoms with E-state index in [1.807, 2.05) is 44.2 Å². The second kappa shape index (κ2) is 8.22. The molecule has 0 aliphatic carbocycles. The Morgan fingerprint density at radius 2 is 1.86 bits per heavy atom. The van der Waals surface area contributed by atoms with Crippen LogP contribution in [0, 0.1) is 0 Å². The lowest BCUT2D eigenvalue weighted by Crippen LogP contribution is -2.33. The van der Waals surface area contributed by atoms with E-state index in [1.54, 1.807) is 6.92 Å². The van der Waals surface area contributed by atoms with E-state index in [-0.39, 0.29) is 6.61 Å². The molecule has 0 unspecified atom stereocenters. The van der Waals surface area contributed by atoms with E-state index >= 15 is 0 Å². The average molecular weight is 305 g/mol. The third kappa shape index (κ3) is 5.99. The topological polar surface area (TPSA) is 64.6 Å². The maximum Gasteiger partial charge on any atom is 0.408 e. The predicted octanol–water partition coefficient (Wildman–Crippen LogP) is 3.16. The first kappa shape index (κ1) is 17.8. The Kier molecular flexibility index (Phi) is 6.63. The molecule has 5 nitrogen and oxygen atoms in total. The lowest BCUT2D eigenvalue weighted by atomic mass is 9.98. The number of esters is 1. The number of rotatable bonds is 7. The monoisotopic (exact) mass is 305 g/mol. The molecule has 0 saturated carbocycles. The van der Waals surface area contributed by atoms with Crippen molar-refractivity contribution in [3.63, 3.8) is 0 Å². The van der Waals surface area contributed by atoms with Gasteiger partial charge in [0.2, 0.25) is 0 Å². The van der Waals surface area contributed by atoms with Gasteiger partial charge in [0.25, 0.3) is 0 Å². The summed E-state index contributed by atoms with van der Waals surface area (Å²) in [5.74, 6) is -0.423. The summed E-state index contributed by atoms with van der Waals surface area (Å²) in [6, 6.07) is 9.52. The number of hydrogen-bond acceptors (Lipinski definition) is 4. The fraction of sp³-hybridized carbons (Fsp3) is 0.412. The lowest BCUT2D eigenvalue weighted by Gasteiger charge is -2.25. The van der Waals surface area contributed by atoms with Crippen LogP contribution in [0.5, 0.6) is 0 Å². The van der Waals surface area contributed by atoms with Gasteiger partial charge in [0.1, 0.15) is 5.60 Å². The number of nitrogens with one attached hydrogen (secondary N) is 1. The highest BCUT2D eigenvalue weighted by Gasteiger charge is 2.24. The molecule has 0 heterocycles. The highest BCUT2D eigenvalue weighted by molar-refractivity contribution is 5.86. The average Bonchev–Trinajstić information content (AvgIpc) is 2.47. The molecule has 1 rings (SSSR count). The highest BCUT2D eigenvalue weighted by Crippen LogP contribution is 2.24. The largest absolute Gasteiger partial charge is 0.462 e. The van der Waals surface area contributed by atoms with Gasteiger partial charge in [-0.3, -0.25) is 0 Å². The first-order chi connectivity index (χ1) is 10.3. The third-order valence-corrected chi connectivity index (χ3v) is 2.99. The fourth-order valence-corrected chi connectivity index (χ4v) is 1.72. The Balaban J connectivity index is 2.29. The normalized spacial score (nSPS) is 10.7. The molecular weight excluding hydrogens is 282 g/mol. The molecule has 0 fully saturated rings. The molecule has 0 radical (unpaired) electrons. The summed E-state index contributed by atoms with van der Waals surface area (Å²) in [4.78, 5) is 22.9. The van der Waals surface area contributed by atoms with Gasteiger partial charge in [-0.05, 0) is 32.8 Å². The molecule has 0 atom stereocenters. The maximum atomic E-state index is 11.8. The molecule has 0 spiro atoms. The number of alkyl carbamates (subject to hydrolysis) is 1. The van der Waals surface area contributed by atoms with Gasteiger partial charge in [-0.2, -0.15) is 0 Å². The van der Waals surface area contributed by atoms with Crippen molar-refractivity contribution in [3.05, 3.63) is 48.0 Å². The van der Waals surface area contributed by atoms with Crippen LogP contribution in [0.3, 0.4) is 0 Å². The van der Waals surface area contributed by atoms with Gasteiger partial charge in [0, 0.05) is 12.1 Å². The minimum absolute atomic E-state index is 0.230. The van der Waals surface area contributed by atoms with Crippen molar-refractivity contribution in [2.24, 2.45) is 0 Å². The van der Waals surface area contributed by atoms with Crippen LogP contribution in [-0.2, 0) is 19.9 Å². The molecule has 120 valence electrons. The van der Waals surface area contributed by atoms with Crippen LogP contribution < -0.4 is 5.32 Å². The van der Waals surface area contributed by atoms with E-state index in [1.165, 1.54) is 0 Å². The van der Waals surface area contributed by atoms with E-state index in [0.29, 0.717) is 18.5 Å². The molecule has 0 bridgehead atoms. The maximum absolute atomic E-state index is 11.8. The van der Waals surface area contributed by atoms with Gasteiger partial charge in [-0.15, -0.1) is 0 Å². The first-order valence-corrected chi connectivity index (χ1v) is 7.18. The standard InChI is InChI=1S/C17H23NO4/c1-13(2)15(19)21-12-8-11-18-16(20)22-17(3,4)14-9-6-5-7-10-14/h5-7,9-10H,1,8,11-12H2,2-4H3,(H,18,20). The van der Waals surface area contributed by atoms with Gasteiger partial charge in [0.05, 0.1) is 6.61 Å². The Morgan fingerprint density at radius 3 is 2.45 bits per heavy atom. The second-order valence-electron chi connectivity index (χ2n) is 5.46. The lowest BCUT2D eigenvalue weighted by molar-refractivity contribution is -0.138. The summed E-state index contributed by atoms with van der Waals surface area (Å²) < 4.78 is 10.3. The van der Waals surface area contributed by atoms with Gasteiger partial charge >= 0.3 is 12.1 Å². The smallest absolute Gasteiger partial charge is 0.408 e. The van der Waals surface area contributed by atoms with Crippen LogP contribution in [0.25, 0.3) is 0 Å². The van der Waals surface area contributed by atoms with Crippen LogP contribution in [0.2, 0.25) is 0 Å². The molecule has 1 aromatic rings. The van der Waals surface area contributed by atoms with Crippen LogP contribution in [-0.4, -0.2) is 25.2 Å². The first-order valence-electron chi connectivity index (χ1n) is 7.18. The quantitative estimate of drug-likeness (QED) is 0.477. The Bertz CT molecular complexity index is 523. The number of amides is 1. The molecule has 1 aromatic carbocycles. The molecular formula is C17H23NO4. The molecule has 0 aliphatic heterocycles. The van der Waals surface area contributed by atoms with E-state index in [2.05, 4.69) is 11.9 Å². The van der Waals surface area contributed by atoms with Crippen molar-refractivity contribution >= 4 is 12.1 Å². The van der Waals surface area contributed by atoms with Gasteiger partial charge in [0.15, 0.2) is 0 Å². The van der Waals surface area contributed by atoms with Crippen LogP contribution >= 0.6 is 0 Å². The summed E-state index contributed by atoms with van der Waals surface area (Å²) >= 11 is 0. The minimum atomic E-state index is -0.711. The Hall–Kier alpha value is -2.30. The summed E-state index contributed by atoms with van der Waals surface area (Å²) in [7, 11) is 0. The summed E-state index contributed by atoms with van der Waals surface area (Å²) in [6.45, 7) is 9.33. The van der Waals surface area contributed by atoms with Gasteiger partial charge < -0.3 is 14.8 Å². The molecule has 0 aromatic heterocycles. The zero-order chi connectivity index (χ0) is 16.6. The molecule has 0 aliphatic rings. The van der Waals surface area contributed by atoms with Gasteiger partial charge in [-0.25, -0.2) is 9.59 Å². The van der Waals surface area contributed by atoms with Crippen molar-refractivity contribution in [3.8, 4) is 0 Å². The minimum Gasteiger partial charge on any atom is -0.462 e. The summed E-state index contributed by atoms with van der Waals surface area (Å²) in [6.07, 6.45) is 0.0139. The Labute approximate surface area is 131 Å². The molecule has 1 amide bonds. The van der Waals surface area contributed by atoms with Crippen LogP contribution in [0.4, 0.5) is 4.79 Å². The third-order valence-electron chi connectivity index (χ3n) is 2.99. The van der Waals surface area contributed by atoms with Crippen LogP contribution in [0.1, 0.15) is 32.8 Å². The van der Waals surface area contributed by atoms with E-state index < -0.39 is 17.7 Å². The molecule has 5 heteroatoms. The number of ether oxygens (including phenoxy) is 2. The Morgan fingerprint density at radius 1 is 1.23 bits per heavy atom. The number of hydrogen-bond donors (Lipinski definition) is 1. The number of carbonyl (C=O) groups is 2. The van der Waals surface area contributed by atoms with E-state index in [9.17, 15) is 9.59 Å². The molecule has 22 heavy (non-hydrogen) atoms. The van der Waals surface area contributed by atoms with Crippen molar-refractivity contribution in [1.29, 1.82) is 0 Å². The van der Waals surface area contributed by atoms with Crippen molar-refractivity contribution < 1.29 is 19.1 Å². The van der Waals surface area contributed by atoms with E-state index in [4.69, 9.17) is 9.47 Å². The summed E-state index contributed by atoms with van der Waals surface area (Å²) in [5, 5.41) is 2.64. The van der Waals surface area contributed by atoms with E-state index in [0.717, 1.165) is 5.56 Å². The second-order valence-corrected chi connectivity index (χ2v) is 5.46. The fourth-order valence-electron chi connectivity index (χ4n) is 1.72. The predicted molar refractivity (Wildman–Crippen MR) is 84.3 cm³/mol.